The number of rotatable bonds is 4. The van der Waals surface area contributed by atoms with Gasteiger partial charge in [-0.1, -0.05) is 17.7 Å². The van der Waals surface area contributed by atoms with Crippen LogP contribution < -0.4 is 10.6 Å². The van der Waals surface area contributed by atoms with Crippen LogP contribution in [0.3, 0.4) is 0 Å². The molecular weight excluding hydrogens is 300 g/mol. The number of carbonyl (C=O) groups excluding carboxylic acids is 1. The van der Waals surface area contributed by atoms with Gasteiger partial charge in [0.1, 0.15) is 5.60 Å². The summed E-state index contributed by atoms with van der Waals surface area (Å²) in [6.45, 7) is 8.25. The molecule has 1 aromatic rings. The summed E-state index contributed by atoms with van der Waals surface area (Å²) < 4.78 is 5.25. The monoisotopic (exact) mass is 324 g/mol. The SMILES string of the molecule is CC(CNC1Cc2ccc(Cl)cc2C1)NC(=O)OC(C)(C)C. The van der Waals surface area contributed by atoms with E-state index < -0.39 is 5.60 Å². The molecule has 4 nitrogen and oxygen atoms in total. The maximum absolute atomic E-state index is 11.7. The Kier molecular flexibility index (Phi) is 5.35. The van der Waals surface area contributed by atoms with Gasteiger partial charge in [0.2, 0.25) is 0 Å². The van der Waals surface area contributed by atoms with Crippen molar-refractivity contribution in [1.29, 1.82) is 0 Å². The molecule has 22 heavy (non-hydrogen) atoms. The third kappa shape index (κ3) is 5.18. The van der Waals surface area contributed by atoms with Gasteiger partial charge in [0, 0.05) is 23.7 Å². The summed E-state index contributed by atoms with van der Waals surface area (Å²) in [4.78, 5) is 11.7. The number of amides is 1. The number of fused-ring (bicyclic) bond motifs is 1. The average Bonchev–Trinajstić information content (AvgIpc) is 2.75. The van der Waals surface area contributed by atoms with Crippen molar-refractivity contribution >= 4 is 17.7 Å². The minimum atomic E-state index is -0.469. The maximum Gasteiger partial charge on any atom is 0.407 e. The highest BCUT2D eigenvalue weighted by Gasteiger charge is 2.22. The summed E-state index contributed by atoms with van der Waals surface area (Å²) in [5.41, 5.74) is 2.20. The average molecular weight is 325 g/mol. The van der Waals surface area contributed by atoms with Gasteiger partial charge in [-0.15, -0.1) is 0 Å². The first kappa shape index (κ1) is 17.1. The molecular formula is C17H25ClN2O2. The van der Waals surface area contributed by atoms with E-state index in [9.17, 15) is 4.79 Å². The second-order valence-corrected chi connectivity index (χ2v) is 7.41. The van der Waals surface area contributed by atoms with E-state index in [-0.39, 0.29) is 12.1 Å². The molecule has 1 aliphatic carbocycles. The fourth-order valence-electron chi connectivity index (χ4n) is 2.63. The smallest absolute Gasteiger partial charge is 0.407 e. The zero-order valence-electron chi connectivity index (χ0n) is 13.7. The highest BCUT2D eigenvalue weighted by atomic mass is 35.5. The molecule has 0 spiro atoms. The lowest BCUT2D eigenvalue weighted by molar-refractivity contribution is 0.0507. The van der Waals surface area contributed by atoms with Gasteiger partial charge in [0.25, 0.3) is 0 Å². The van der Waals surface area contributed by atoms with E-state index in [4.69, 9.17) is 16.3 Å². The highest BCUT2D eigenvalue weighted by molar-refractivity contribution is 6.30. The van der Waals surface area contributed by atoms with Crippen molar-refractivity contribution < 1.29 is 9.53 Å². The lowest BCUT2D eigenvalue weighted by atomic mass is 10.1. The Morgan fingerprint density at radius 2 is 2.05 bits per heavy atom. The van der Waals surface area contributed by atoms with Crippen LogP contribution in [0.2, 0.25) is 5.02 Å². The Balaban J connectivity index is 1.74. The number of hydrogen-bond donors (Lipinski definition) is 2. The van der Waals surface area contributed by atoms with Crippen molar-refractivity contribution in [2.45, 2.75) is 58.2 Å². The summed E-state index contributed by atoms with van der Waals surface area (Å²) in [7, 11) is 0. The second-order valence-electron chi connectivity index (χ2n) is 6.97. The molecule has 0 aromatic heterocycles. The molecule has 0 saturated carbocycles. The molecule has 2 atom stereocenters. The van der Waals surface area contributed by atoms with Crippen LogP contribution in [0.5, 0.6) is 0 Å². The van der Waals surface area contributed by atoms with E-state index >= 15 is 0 Å². The van der Waals surface area contributed by atoms with Crippen LogP contribution in [-0.4, -0.2) is 30.3 Å². The minimum absolute atomic E-state index is 0.0159. The number of halogens is 1. The first-order chi connectivity index (χ1) is 10.2. The van der Waals surface area contributed by atoms with Gasteiger partial charge in [-0.2, -0.15) is 0 Å². The second kappa shape index (κ2) is 6.88. The molecule has 1 amide bonds. The fraction of sp³-hybridized carbons (Fsp3) is 0.588. The Morgan fingerprint density at radius 3 is 2.73 bits per heavy atom. The van der Waals surface area contributed by atoms with E-state index in [0.717, 1.165) is 17.9 Å². The Bertz CT molecular complexity index is 540. The van der Waals surface area contributed by atoms with Crippen LogP contribution in [0.25, 0.3) is 0 Å². The molecule has 0 fully saturated rings. The topological polar surface area (TPSA) is 50.4 Å². The molecule has 0 saturated heterocycles. The number of ether oxygens (including phenoxy) is 1. The number of nitrogens with one attached hydrogen (secondary N) is 2. The largest absolute Gasteiger partial charge is 0.444 e. The molecule has 122 valence electrons. The Morgan fingerprint density at radius 1 is 1.36 bits per heavy atom. The molecule has 1 aliphatic rings. The van der Waals surface area contributed by atoms with E-state index in [0.29, 0.717) is 12.6 Å². The van der Waals surface area contributed by atoms with E-state index in [1.165, 1.54) is 11.1 Å². The molecule has 2 N–H and O–H groups in total. The highest BCUT2D eigenvalue weighted by Crippen LogP contribution is 2.25. The third-order valence-electron chi connectivity index (χ3n) is 3.58. The van der Waals surface area contributed by atoms with Crippen LogP contribution >= 0.6 is 11.6 Å². The lowest BCUT2D eigenvalue weighted by Crippen LogP contribution is -2.45. The van der Waals surface area contributed by atoms with Crippen LogP contribution in [0.15, 0.2) is 18.2 Å². The summed E-state index contributed by atoms with van der Waals surface area (Å²) in [5, 5.41) is 7.14. The predicted molar refractivity (Wildman–Crippen MR) is 89.5 cm³/mol. The van der Waals surface area contributed by atoms with Crippen LogP contribution in [0, 0.1) is 0 Å². The van der Waals surface area contributed by atoms with Gasteiger partial charge in [0.05, 0.1) is 0 Å². The van der Waals surface area contributed by atoms with Gasteiger partial charge in [0.15, 0.2) is 0 Å². The number of benzene rings is 1. The van der Waals surface area contributed by atoms with E-state index in [1.807, 2.05) is 39.8 Å². The van der Waals surface area contributed by atoms with Crippen LogP contribution in [0.4, 0.5) is 4.79 Å². The first-order valence-electron chi connectivity index (χ1n) is 7.73. The molecule has 0 radical (unpaired) electrons. The molecule has 0 bridgehead atoms. The normalized spacial score (nSPS) is 18.7. The predicted octanol–water partition coefficient (Wildman–Crippen LogP) is 3.31. The molecule has 2 rings (SSSR count). The van der Waals surface area contributed by atoms with Crippen LogP contribution in [-0.2, 0) is 17.6 Å². The first-order valence-corrected chi connectivity index (χ1v) is 8.11. The molecule has 5 heteroatoms. The summed E-state index contributed by atoms with van der Waals surface area (Å²) >= 11 is 6.03. The van der Waals surface area contributed by atoms with Crippen molar-refractivity contribution in [2.24, 2.45) is 0 Å². The van der Waals surface area contributed by atoms with Gasteiger partial charge in [-0.05, 0) is 63.8 Å². The van der Waals surface area contributed by atoms with Crippen molar-refractivity contribution in [3.05, 3.63) is 34.3 Å². The van der Waals surface area contributed by atoms with Crippen molar-refractivity contribution in [1.82, 2.24) is 10.6 Å². The van der Waals surface area contributed by atoms with Gasteiger partial charge < -0.3 is 15.4 Å². The number of carbonyl (C=O) groups is 1. The zero-order valence-corrected chi connectivity index (χ0v) is 14.5. The minimum Gasteiger partial charge on any atom is -0.444 e. The number of alkyl carbamates (subject to hydrolysis) is 1. The third-order valence-corrected chi connectivity index (χ3v) is 3.81. The molecule has 0 heterocycles. The molecule has 2 unspecified atom stereocenters. The Hall–Kier alpha value is -1.26. The summed E-state index contributed by atoms with van der Waals surface area (Å²) in [5.74, 6) is 0. The van der Waals surface area contributed by atoms with Crippen molar-refractivity contribution in [2.75, 3.05) is 6.54 Å². The van der Waals surface area contributed by atoms with Crippen molar-refractivity contribution in [3.8, 4) is 0 Å². The van der Waals surface area contributed by atoms with Crippen LogP contribution in [0.1, 0.15) is 38.8 Å². The standard InChI is InChI=1S/C17H25ClN2O2/c1-11(20-16(21)22-17(2,3)4)10-19-15-8-12-5-6-14(18)7-13(12)9-15/h5-7,11,15,19H,8-10H2,1-4H3,(H,20,21). The lowest BCUT2D eigenvalue weighted by Gasteiger charge is -2.23. The Labute approximate surface area is 137 Å². The summed E-state index contributed by atoms with van der Waals surface area (Å²) in [6.07, 6.45) is 1.61. The number of hydrogen-bond acceptors (Lipinski definition) is 3. The maximum atomic E-state index is 11.7. The van der Waals surface area contributed by atoms with E-state index in [1.54, 1.807) is 0 Å². The fourth-order valence-corrected chi connectivity index (χ4v) is 2.83. The van der Waals surface area contributed by atoms with Crippen molar-refractivity contribution in [3.63, 3.8) is 0 Å². The van der Waals surface area contributed by atoms with E-state index in [2.05, 4.69) is 16.7 Å². The molecule has 0 aliphatic heterocycles. The quantitative estimate of drug-likeness (QED) is 0.893. The zero-order chi connectivity index (χ0) is 16.3. The van der Waals surface area contributed by atoms with Gasteiger partial charge >= 0.3 is 6.09 Å². The molecule has 1 aromatic carbocycles. The van der Waals surface area contributed by atoms with Gasteiger partial charge in [-0.3, -0.25) is 0 Å². The summed E-state index contributed by atoms with van der Waals surface area (Å²) in [6, 6.07) is 6.50. The van der Waals surface area contributed by atoms with Gasteiger partial charge in [-0.25, -0.2) is 4.79 Å².